The number of nitrogens with two attached hydrogens (primary N) is 2. The summed E-state index contributed by atoms with van der Waals surface area (Å²) < 4.78 is 28.4. The van der Waals surface area contributed by atoms with Gasteiger partial charge in [-0.2, -0.15) is 0 Å². The lowest BCUT2D eigenvalue weighted by atomic mass is 10.2. The largest absolute Gasteiger partial charge is 0.399 e. The standard InChI is InChI=1S/C13H23N3O3S/c1-10(2)9-19-7-3-6-16-12-5-4-11(14)8-13(12)20(15,17)18/h4-5,8,10,16H,3,6-7,9,14H2,1-2H3,(H2,15,17,18). The molecule has 1 aromatic rings. The van der Waals surface area contributed by atoms with Crippen LogP contribution in [0.1, 0.15) is 20.3 Å². The molecule has 0 saturated carbocycles. The molecule has 6 nitrogen and oxygen atoms in total. The SMILES string of the molecule is CC(C)COCCCNc1ccc(N)cc1S(N)(=O)=O. The molecule has 0 unspecified atom stereocenters. The molecule has 0 aliphatic carbocycles. The summed E-state index contributed by atoms with van der Waals surface area (Å²) in [6, 6.07) is 4.60. The fraction of sp³-hybridized carbons (Fsp3) is 0.538. The number of anilines is 2. The number of hydrogen-bond donors (Lipinski definition) is 3. The van der Waals surface area contributed by atoms with Crippen LogP contribution in [0, 0.1) is 5.92 Å². The van der Waals surface area contributed by atoms with Crippen molar-refractivity contribution in [2.45, 2.75) is 25.2 Å². The number of ether oxygens (including phenoxy) is 1. The molecule has 0 radical (unpaired) electrons. The Morgan fingerprint density at radius 2 is 2.05 bits per heavy atom. The zero-order valence-corrected chi connectivity index (χ0v) is 12.7. The quantitative estimate of drug-likeness (QED) is 0.497. The minimum absolute atomic E-state index is 0.0144. The Kier molecular flexibility index (Phi) is 6.25. The average Bonchev–Trinajstić information content (AvgIpc) is 2.33. The van der Waals surface area contributed by atoms with Gasteiger partial charge in [-0.15, -0.1) is 0 Å². The molecular weight excluding hydrogens is 278 g/mol. The second-order valence-electron chi connectivity index (χ2n) is 5.05. The van der Waals surface area contributed by atoms with E-state index in [1.54, 1.807) is 12.1 Å². The lowest BCUT2D eigenvalue weighted by Crippen LogP contribution is -2.16. The summed E-state index contributed by atoms with van der Waals surface area (Å²) in [5, 5.41) is 8.20. The number of nitrogens with one attached hydrogen (secondary N) is 1. The number of primary sulfonamides is 1. The molecule has 20 heavy (non-hydrogen) atoms. The molecule has 7 heteroatoms. The van der Waals surface area contributed by atoms with Crippen LogP contribution < -0.4 is 16.2 Å². The lowest BCUT2D eigenvalue weighted by Gasteiger charge is -2.12. The molecule has 0 atom stereocenters. The molecule has 0 bridgehead atoms. The van der Waals surface area contributed by atoms with Gasteiger partial charge in [0.05, 0.1) is 5.69 Å². The number of benzene rings is 1. The third-order valence-electron chi connectivity index (χ3n) is 2.54. The predicted octanol–water partition coefficient (Wildman–Crippen LogP) is 1.39. The monoisotopic (exact) mass is 301 g/mol. The van der Waals surface area contributed by atoms with E-state index < -0.39 is 10.0 Å². The third kappa shape index (κ3) is 5.77. The Balaban J connectivity index is 2.52. The van der Waals surface area contributed by atoms with Gasteiger partial charge in [0, 0.05) is 25.4 Å². The molecule has 0 aliphatic rings. The maximum atomic E-state index is 11.5. The van der Waals surface area contributed by atoms with E-state index in [1.165, 1.54) is 6.07 Å². The number of hydrogen-bond acceptors (Lipinski definition) is 5. The van der Waals surface area contributed by atoms with E-state index >= 15 is 0 Å². The minimum atomic E-state index is -3.79. The maximum absolute atomic E-state index is 11.5. The van der Waals surface area contributed by atoms with Crippen LogP contribution in [0.3, 0.4) is 0 Å². The van der Waals surface area contributed by atoms with Gasteiger partial charge in [-0.25, -0.2) is 13.6 Å². The average molecular weight is 301 g/mol. The zero-order chi connectivity index (χ0) is 15.2. The van der Waals surface area contributed by atoms with E-state index in [2.05, 4.69) is 19.2 Å². The highest BCUT2D eigenvalue weighted by Crippen LogP contribution is 2.22. The fourth-order valence-electron chi connectivity index (χ4n) is 1.64. The lowest BCUT2D eigenvalue weighted by molar-refractivity contribution is 0.110. The van der Waals surface area contributed by atoms with Gasteiger partial charge in [0.15, 0.2) is 0 Å². The summed E-state index contributed by atoms with van der Waals surface area (Å²) in [7, 11) is -3.79. The van der Waals surface area contributed by atoms with Crippen molar-refractivity contribution in [2.75, 3.05) is 30.8 Å². The van der Waals surface area contributed by atoms with Gasteiger partial charge in [0.2, 0.25) is 10.0 Å². The Morgan fingerprint density at radius 1 is 1.35 bits per heavy atom. The van der Waals surface area contributed by atoms with Crippen LogP contribution in [0.25, 0.3) is 0 Å². The Labute approximate surface area is 120 Å². The van der Waals surface area contributed by atoms with Gasteiger partial charge in [-0.1, -0.05) is 13.8 Å². The van der Waals surface area contributed by atoms with E-state index in [1.807, 2.05) is 0 Å². The van der Waals surface area contributed by atoms with Crippen LogP contribution in [-0.4, -0.2) is 28.2 Å². The van der Waals surface area contributed by atoms with Crippen LogP contribution in [0.5, 0.6) is 0 Å². The van der Waals surface area contributed by atoms with Gasteiger partial charge >= 0.3 is 0 Å². The van der Waals surface area contributed by atoms with E-state index in [0.717, 1.165) is 13.0 Å². The Morgan fingerprint density at radius 3 is 2.65 bits per heavy atom. The molecule has 0 fully saturated rings. The van der Waals surface area contributed by atoms with Gasteiger partial charge in [-0.3, -0.25) is 0 Å². The molecule has 5 N–H and O–H groups in total. The molecule has 0 spiro atoms. The van der Waals surface area contributed by atoms with Crippen molar-refractivity contribution >= 4 is 21.4 Å². The Hall–Kier alpha value is -1.31. The van der Waals surface area contributed by atoms with Crippen LogP contribution >= 0.6 is 0 Å². The van der Waals surface area contributed by atoms with Crippen molar-refractivity contribution in [3.63, 3.8) is 0 Å². The molecule has 0 aliphatic heterocycles. The fourth-order valence-corrected chi connectivity index (χ4v) is 2.38. The number of rotatable bonds is 8. The summed E-state index contributed by atoms with van der Waals surface area (Å²) in [5.74, 6) is 0.508. The van der Waals surface area contributed by atoms with Crippen LogP contribution in [-0.2, 0) is 14.8 Å². The molecule has 0 heterocycles. The Bertz CT molecular complexity index is 530. The molecule has 0 saturated heterocycles. The van der Waals surface area contributed by atoms with Gasteiger partial charge in [0.1, 0.15) is 4.90 Å². The maximum Gasteiger partial charge on any atom is 0.240 e. The first-order chi connectivity index (χ1) is 9.30. The van der Waals surface area contributed by atoms with Crippen LogP contribution in [0.2, 0.25) is 0 Å². The van der Waals surface area contributed by atoms with Gasteiger partial charge < -0.3 is 15.8 Å². The molecule has 0 amide bonds. The van der Waals surface area contributed by atoms with Crippen molar-refractivity contribution in [2.24, 2.45) is 11.1 Å². The van der Waals surface area contributed by atoms with Crippen molar-refractivity contribution in [1.82, 2.24) is 0 Å². The third-order valence-corrected chi connectivity index (χ3v) is 3.50. The first-order valence-electron chi connectivity index (χ1n) is 6.54. The van der Waals surface area contributed by atoms with E-state index in [9.17, 15) is 8.42 Å². The number of nitrogen functional groups attached to an aromatic ring is 1. The van der Waals surface area contributed by atoms with Crippen molar-refractivity contribution in [3.8, 4) is 0 Å². The smallest absolute Gasteiger partial charge is 0.240 e. The van der Waals surface area contributed by atoms with Crippen LogP contribution in [0.15, 0.2) is 23.1 Å². The molecule has 1 rings (SSSR count). The molecular formula is C13H23N3O3S. The molecule has 114 valence electrons. The van der Waals surface area contributed by atoms with E-state index in [0.29, 0.717) is 30.4 Å². The minimum Gasteiger partial charge on any atom is -0.399 e. The predicted molar refractivity (Wildman–Crippen MR) is 81.0 cm³/mol. The van der Waals surface area contributed by atoms with Crippen LogP contribution in [0.4, 0.5) is 11.4 Å². The summed E-state index contributed by atoms with van der Waals surface area (Å²) in [6.07, 6.45) is 0.779. The highest BCUT2D eigenvalue weighted by Gasteiger charge is 2.13. The highest BCUT2D eigenvalue weighted by molar-refractivity contribution is 7.89. The van der Waals surface area contributed by atoms with Crippen molar-refractivity contribution in [1.29, 1.82) is 0 Å². The van der Waals surface area contributed by atoms with Gasteiger partial charge in [0.25, 0.3) is 0 Å². The van der Waals surface area contributed by atoms with Gasteiger partial charge in [-0.05, 0) is 30.5 Å². The molecule has 1 aromatic carbocycles. The van der Waals surface area contributed by atoms with Crippen molar-refractivity contribution in [3.05, 3.63) is 18.2 Å². The second kappa shape index (κ2) is 7.47. The first kappa shape index (κ1) is 16.7. The summed E-state index contributed by atoms with van der Waals surface area (Å²) >= 11 is 0. The molecule has 0 aromatic heterocycles. The summed E-state index contributed by atoms with van der Waals surface area (Å²) in [4.78, 5) is 0.0144. The summed E-state index contributed by atoms with van der Waals surface area (Å²) in [5.41, 5.74) is 6.40. The van der Waals surface area contributed by atoms with Crippen molar-refractivity contribution < 1.29 is 13.2 Å². The number of sulfonamides is 1. The first-order valence-corrected chi connectivity index (χ1v) is 8.09. The summed E-state index contributed by atoms with van der Waals surface area (Å²) in [6.45, 7) is 6.13. The van der Waals surface area contributed by atoms with E-state index in [-0.39, 0.29) is 4.90 Å². The normalized spacial score (nSPS) is 11.8. The topological polar surface area (TPSA) is 107 Å². The highest BCUT2D eigenvalue weighted by atomic mass is 32.2. The zero-order valence-electron chi connectivity index (χ0n) is 11.9. The van der Waals surface area contributed by atoms with E-state index in [4.69, 9.17) is 15.6 Å². The second-order valence-corrected chi connectivity index (χ2v) is 6.58.